The molecule has 1 spiro atoms. The number of fused-ring (bicyclic) bond motifs is 3. The Labute approximate surface area is 227 Å². The predicted molar refractivity (Wildman–Crippen MR) is 139 cm³/mol. The van der Waals surface area contributed by atoms with Crippen molar-refractivity contribution in [3.8, 4) is 11.5 Å². The second-order valence-electron chi connectivity index (χ2n) is 10.7. The average molecular weight is 536 g/mol. The maximum atomic E-state index is 13.9. The Morgan fingerprint density at radius 3 is 2.64 bits per heavy atom. The van der Waals surface area contributed by atoms with E-state index in [1.54, 1.807) is 19.2 Å². The lowest BCUT2D eigenvalue weighted by Gasteiger charge is -2.39. The Morgan fingerprint density at radius 2 is 1.90 bits per heavy atom. The fourth-order valence-electron chi connectivity index (χ4n) is 6.77. The molecule has 2 aromatic rings. The van der Waals surface area contributed by atoms with Crippen LogP contribution in [-0.4, -0.2) is 73.3 Å². The van der Waals surface area contributed by atoms with Crippen LogP contribution < -0.4 is 9.47 Å². The van der Waals surface area contributed by atoms with E-state index < -0.39 is 35.6 Å². The molecule has 1 N–H and O–H groups in total. The van der Waals surface area contributed by atoms with Crippen LogP contribution in [0.25, 0.3) is 0 Å². The van der Waals surface area contributed by atoms with Crippen molar-refractivity contribution in [3.63, 3.8) is 0 Å². The summed E-state index contributed by atoms with van der Waals surface area (Å²) < 4.78 is 28.2. The van der Waals surface area contributed by atoms with Crippen molar-refractivity contribution < 1.29 is 38.4 Å². The van der Waals surface area contributed by atoms with Gasteiger partial charge in [-0.2, -0.15) is 0 Å². The molecule has 0 bridgehead atoms. The summed E-state index contributed by atoms with van der Waals surface area (Å²) >= 11 is 0. The van der Waals surface area contributed by atoms with Gasteiger partial charge in [0.25, 0.3) is 0 Å². The number of methoxy groups -OCH3 is 2. The highest BCUT2D eigenvalue weighted by Gasteiger charge is 2.59. The van der Waals surface area contributed by atoms with Crippen molar-refractivity contribution in [2.75, 3.05) is 34.1 Å². The lowest BCUT2D eigenvalue weighted by Crippen LogP contribution is -2.50. The Morgan fingerprint density at radius 1 is 1.13 bits per heavy atom. The lowest BCUT2D eigenvalue weighted by atomic mass is 9.77. The quantitative estimate of drug-likeness (QED) is 0.536. The SMILES string of the molecule is COC(=O)C[C@](O)(Cc1ccccc1)C(=O)OC1C(OC)=C[C@@]23CCCN2CCc2cc4c(cc2C13)OCO4. The molecule has 9 nitrogen and oxygen atoms in total. The number of hydrogen-bond donors (Lipinski definition) is 1. The summed E-state index contributed by atoms with van der Waals surface area (Å²) in [4.78, 5) is 28.6. The Hall–Kier alpha value is -3.56. The zero-order chi connectivity index (χ0) is 27.2. The van der Waals surface area contributed by atoms with Gasteiger partial charge in [0.1, 0.15) is 5.76 Å². The highest BCUT2D eigenvalue weighted by Crippen LogP contribution is 2.55. The Bertz CT molecular complexity index is 1310. The summed E-state index contributed by atoms with van der Waals surface area (Å²) in [6, 6.07) is 13.1. The molecule has 0 aromatic heterocycles. The summed E-state index contributed by atoms with van der Waals surface area (Å²) in [7, 11) is 2.80. The van der Waals surface area contributed by atoms with E-state index in [9.17, 15) is 14.7 Å². The average Bonchev–Trinajstić information content (AvgIpc) is 3.62. The number of ether oxygens (including phenoxy) is 5. The first-order valence-electron chi connectivity index (χ1n) is 13.4. The van der Waals surface area contributed by atoms with Gasteiger partial charge in [-0.1, -0.05) is 30.3 Å². The molecule has 206 valence electrons. The maximum Gasteiger partial charge on any atom is 0.339 e. The minimum absolute atomic E-state index is 0.0995. The van der Waals surface area contributed by atoms with Crippen LogP contribution in [0, 0.1) is 0 Å². The van der Waals surface area contributed by atoms with Gasteiger partial charge in [0.15, 0.2) is 23.2 Å². The maximum absolute atomic E-state index is 13.9. The highest BCUT2D eigenvalue weighted by molar-refractivity contribution is 5.86. The second kappa shape index (κ2) is 9.88. The molecule has 6 rings (SSSR count). The van der Waals surface area contributed by atoms with Gasteiger partial charge in [0.2, 0.25) is 6.79 Å². The number of hydrogen-bond acceptors (Lipinski definition) is 9. The van der Waals surface area contributed by atoms with Crippen LogP contribution in [0.2, 0.25) is 0 Å². The van der Waals surface area contributed by atoms with Crippen molar-refractivity contribution >= 4 is 11.9 Å². The summed E-state index contributed by atoms with van der Waals surface area (Å²) in [6.45, 7) is 1.93. The Balaban J connectivity index is 1.39. The van der Waals surface area contributed by atoms with Gasteiger partial charge < -0.3 is 28.8 Å². The van der Waals surface area contributed by atoms with Crippen molar-refractivity contribution in [2.24, 2.45) is 0 Å². The zero-order valence-electron chi connectivity index (χ0n) is 22.2. The van der Waals surface area contributed by atoms with E-state index in [1.165, 1.54) is 7.11 Å². The molecule has 39 heavy (non-hydrogen) atoms. The largest absolute Gasteiger partial charge is 0.497 e. The highest BCUT2D eigenvalue weighted by atomic mass is 16.7. The molecular weight excluding hydrogens is 502 g/mol. The summed E-state index contributed by atoms with van der Waals surface area (Å²) in [5.74, 6) is 0.0308. The molecule has 2 aromatic carbocycles. The smallest absolute Gasteiger partial charge is 0.339 e. The van der Waals surface area contributed by atoms with Gasteiger partial charge in [0.05, 0.1) is 32.1 Å². The molecule has 0 radical (unpaired) electrons. The van der Waals surface area contributed by atoms with E-state index in [0.29, 0.717) is 22.8 Å². The normalized spacial score (nSPS) is 26.4. The monoisotopic (exact) mass is 535 g/mol. The lowest BCUT2D eigenvalue weighted by molar-refractivity contribution is -0.177. The number of rotatable bonds is 7. The molecule has 3 aliphatic heterocycles. The molecule has 2 unspecified atom stereocenters. The third-order valence-electron chi connectivity index (χ3n) is 8.58. The number of aliphatic hydroxyl groups is 1. The van der Waals surface area contributed by atoms with Crippen molar-refractivity contribution in [3.05, 3.63) is 71.0 Å². The first-order chi connectivity index (χ1) is 18.9. The van der Waals surface area contributed by atoms with Crippen molar-refractivity contribution in [2.45, 2.75) is 55.3 Å². The number of esters is 2. The molecule has 1 aliphatic carbocycles. The van der Waals surface area contributed by atoms with E-state index in [4.69, 9.17) is 23.7 Å². The molecule has 4 aliphatic rings. The topological polar surface area (TPSA) is 104 Å². The molecular formula is C30H33NO8. The van der Waals surface area contributed by atoms with E-state index in [2.05, 4.69) is 11.0 Å². The van der Waals surface area contributed by atoms with Gasteiger partial charge in [0, 0.05) is 13.0 Å². The number of nitrogens with zero attached hydrogens (tertiary/aromatic N) is 1. The fourth-order valence-corrected chi connectivity index (χ4v) is 6.77. The second-order valence-corrected chi connectivity index (χ2v) is 10.7. The van der Waals surface area contributed by atoms with Crippen LogP contribution in [0.3, 0.4) is 0 Å². The van der Waals surface area contributed by atoms with Crippen LogP contribution in [0.5, 0.6) is 11.5 Å². The summed E-state index contributed by atoms with van der Waals surface area (Å²) in [5, 5.41) is 11.6. The summed E-state index contributed by atoms with van der Waals surface area (Å²) in [5.41, 5.74) is 0.291. The minimum atomic E-state index is -2.12. The van der Waals surface area contributed by atoms with Crippen LogP contribution in [-0.2, 0) is 36.6 Å². The standard InChI is InChI=1S/C30H33NO8/c1-35-24-16-29-10-6-11-31(29)12-9-20-13-22-23(38-18-37-22)14-21(20)26(29)27(24)39-28(33)30(34,17-25(32)36-2)15-19-7-4-3-5-8-19/h3-5,7-8,13-14,16,26-27,34H,6,9-12,15,17-18H2,1-2H3/t26?,27?,29-,30-/m1/s1. The van der Waals surface area contributed by atoms with Crippen LogP contribution >= 0.6 is 0 Å². The van der Waals surface area contributed by atoms with Gasteiger partial charge in [-0.05, 0) is 60.7 Å². The van der Waals surface area contributed by atoms with Crippen LogP contribution in [0.15, 0.2) is 54.3 Å². The van der Waals surface area contributed by atoms with E-state index in [-0.39, 0.29) is 19.1 Å². The number of carbonyl (C=O) groups excluding carboxylic acids is 2. The first kappa shape index (κ1) is 25.7. The molecule has 1 saturated heterocycles. The van der Waals surface area contributed by atoms with Crippen LogP contribution in [0.1, 0.15) is 41.9 Å². The van der Waals surface area contributed by atoms with Crippen molar-refractivity contribution in [1.29, 1.82) is 0 Å². The summed E-state index contributed by atoms with van der Waals surface area (Å²) in [6.07, 6.45) is 3.36. The van der Waals surface area contributed by atoms with Gasteiger partial charge in [-0.3, -0.25) is 9.69 Å². The van der Waals surface area contributed by atoms with Crippen molar-refractivity contribution in [1.82, 2.24) is 4.90 Å². The van der Waals surface area contributed by atoms with E-state index in [1.807, 2.05) is 30.3 Å². The third kappa shape index (κ3) is 4.33. The number of carbonyl (C=O) groups is 2. The van der Waals surface area contributed by atoms with E-state index in [0.717, 1.165) is 43.5 Å². The van der Waals surface area contributed by atoms with Crippen LogP contribution in [0.4, 0.5) is 0 Å². The molecule has 4 atom stereocenters. The minimum Gasteiger partial charge on any atom is -0.497 e. The predicted octanol–water partition coefficient (Wildman–Crippen LogP) is 2.88. The number of benzene rings is 2. The third-order valence-corrected chi connectivity index (χ3v) is 8.58. The molecule has 3 heterocycles. The Kier molecular flexibility index (Phi) is 6.51. The molecule has 1 fully saturated rings. The van der Waals surface area contributed by atoms with Gasteiger partial charge >= 0.3 is 11.9 Å². The van der Waals surface area contributed by atoms with Gasteiger partial charge in [-0.25, -0.2) is 4.79 Å². The fraction of sp³-hybridized carbons (Fsp3) is 0.467. The molecule has 0 saturated carbocycles. The molecule has 9 heteroatoms. The van der Waals surface area contributed by atoms with Gasteiger partial charge in [-0.15, -0.1) is 0 Å². The van der Waals surface area contributed by atoms with E-state index >= 15 is 0 Å². The first-order valence-corrected chi connectivity index (χ1v) is 13.4. The zero-order valence-corrected chi connectivity index (χ0v) is 22.2. The molecule has 0 amide bonds.